The second kappa shape index (κ2) is 17.0. The van der Waals surface area contributed by atoms with Crippen molar-refractivity contribution in [3.05, 3.63) is 107 Å². The van der Waals surface area contributed by atoms with Crippen molar-refractivity contribution in [1.82, 2.24) is 14.5 Å². The first kappa shape index (κ1) is 40.9. The molecule has 312 valence electrons. The zero-order valence-electron chi connectivity index (χ0n) is 33.3. The van der Waals surface area contributed by atoms with Crippen LogP contribution in [-0.2, 0) is 24.4 Å². The van der Waals surface area contributed by atoms with Crippen molar-refractivity contribution in [2.24, 2.45) is 5.92 Å². The number of benzene rings is 4. The van der Waals surface area contributed by atoms with Gasteiger partial charge < -0.3 is 21.1 Å². The molecule has 15 heteroatoms. The van der Waals surface area contributed by atoms with Gasteiger partial charge in [-0.05, 0) is 97.8 Å². The zero-order chi connectivity index (χ0) is 42.1. The van der Waals surface area contributed by atoms with Gasteiger partial charge in [0.15, 0.2) is 0 Å². The molecule has 5 amide bonds. The number of rotatable bonds is 14. The number of hydrogen-bond acceptors (Lipinski definition) is 10. The number of nitrogens with zero attached hydrogens (tertiary/aromatic N) is 2. The van der Waals surface area contributed by atoms with Gasteiger partial charge >= 0.3 is 0 Å². The smallest absolute Gasteiger partial charge is 0.264 e. The van der Waals surface area contributed by atoms with E-state index >= 15 is 0 Å². The standard InChI is InChI=1S/C45H48N6O8S/c1-27-13-16-31(17-14-27)60(58,59)50-23-21-32-37(26-52)48-35-18-15-29(25-34(35)42(32)50)28-8-6-9-30(24-28)47-39(53)12-4-2-3-5-22-46-36-11-7-10-33-41(36)45(57)51(44(33)56)38-19-20-40(54)49-43(38)55/h6-11,13-18,24-25,32,37-38,42,46,48,52H,2-5,12,19-23,26H2,1H3,(H,47,53)(H,49,54,55)/t32-,37+,38?,42-/m1/s1. The number of carbonyl (C=O) groups is 5. The van der Waals surface area contributed by atoms with Crippen molar-refractivity contribution in [3.8, 4) is 11.1 Å². The van der Waals surface area contributed by atoms with Crippen LogP contribution in [0.4, 0.5) is 17.1 Å². The number of fused-ring (bicyclic) bond motifs is 4. The van der Waals surface area contributed by atoms with Crippen LogP contribution in [0.5, 0.6) is 0 Å². The minimum atomic E-state index is -3.80. The Balaban J connectivity index is 0.843. The van der Waals surface area contributed by atoms with Gasteiger partial charge in [-0.2, -0.15) is 4.31 Å². The minimum Gasteiger partial charge on any atom is -0.394 e. The van der Waals surface area contributed by atoms with E-state index in [4.69, 9.17) is 0 Å². The van der Waals surface area contributed by atoms with Crippen molar-refractivity contribution in [3.63, 3.8) is 0 Å². The van der Waals surface area contributed by atoms with E-state index in [2.05, 4.69) is 21.3 Å². The lowest BCUT2D eigenvalue weighted by Crippen LogP contribution is -2.54. The van der Waals surface area contributed by atoms with E-state index in [-0.39, 0.29) is 53.3 Å². The van der Waals surface area contributed by atoms with Crippen molar-refractivity contribution in [1.29, 1.82) is 0 Å². The summed E-state index contributed by atoms with van der Waals surface area (Å²) in [5.74, 6) is -2.39. The molecule has 2 fully saturated rings. The van der Waals surface area contributed by atoms with Crippen LogP contribution in [0.2, 0.25) is 0 Å². The lowest BCUT2D eigenvalue weighted by Gasteiger charge is -2.39. The Hall–Kier alpha value is -5.90. The molecule has 0 radical (unpaired) electrons. The van der Waals surface area contributed by atoms with Gasteiger partial charge in [-0.1, -0.05) is 54.8 Å². The molecule has 4 aromatic carbocycles. The van der Waals surface area contributed by atoms with Crippen LogP contribution in [0.15, 0.2) is 89.8 Å². The Kier molecular flexibility index (Phi) is 11.6. The SMILES string of the molecule is Cc1ccc(S(=O)(=O)N2CC[C@@H]3[C@H](CO)Nc4ccc(-c5cccc(NC(=O)CCCCCCNc6cccc7c6C(=O)N(C6CCC(=O)NC6=O)C7=O)c5)cc4[C@@H]32)cc1. The molecule has 2 saturated heterocycles. The lowest BCUT2D eigenvalue weighted by molar-refractivity contribution is -0.136. The third-order valence-electron chi connectivity index (χ3n) is 12.0. The van der Waals surface area contributed by atoms with E-state index in [0.717, 1.165) is 52.1 Å². The predicted molar refractivity (Wildman–Crippen MR) is 226 cm³/mol. The fraction of sp³-hybridized carbons (Fsp3) is 0.356. The molecule has 1 unspecified atom stereocenters. The molecule has 8 rings (SSSR count). The van der Waals surface area contributed by atoms with E-state index in [1.807, 2.05) is 49.4 Å². The van der Waals surface area contributed by atoms with Crippen LogP contribution in [0.3, 0.4) is 0 Å². The average molecular weight is 833 g/mol. The number of aryl methyl sites for hydroxylation is 1. The van der Waals surface area contributed by atoms with Gasteiger partial charge in [0.05, 0.1) is 34.7 Å². The van der Waals surface area contributed by atoms with Crippen molar-refractivity contribution < 1.29 is 37.5 Å². The van der Waals surface area contributed by atoms with Crippen molar-refractivity contribution in [2.75, 3.05) is 35.6 Å². The molecule has 0 aromatic heterocycles. The van der Waals surface area contributed by atoms with Gasteiger partial charge in [0.1, 0.15) is 6.04 Å². The largest absolute Gasteiger partial charge is 0.394 e. The summed E-state index contributed by atoms with van der Waals surface area (Å²) in [4.78, 5) is 64.7. The van der Waals surface area contributed by atoms with Gasteiger partial charge in [-0.3, -0.25) is 34.2 Å². The lowest BCUT2D eigenvalue weighted by atomic mass is 9.82. The number of anilines is 3. The second-order valence-electron chi connectivity index (χ2n) is 16.0. The van der Waals surface area contributed by atoms with Gasteiger partial charge in [-0.25, -0.2) is 8.42 Å². The van der Waals surface area contributed by atoms with Gasteiger partial charge in [0.25, 0.3) is 11.8 Å². The molecule has 0 spiro atoms. The van der Waals surface area contributed by atoms with Crippen LogP contribution < -0.4 is 21.3 Å². The molecule has 0 bridgehead atoms. The molecule has 5 N–H and O–H groups in total. The number of hydrogen-bond donors (Lipinski definition) is 5. The number of aliphatic hydroxyl groups excluding tert-OH is 1. The Morgan fingerprint density at radius 3 is 2.42 bits per heavy atom. The third-order valence-corrected chi connectivity index (χ3v) is 13.9. The summed E-state index contributed by atoms with van der Waals surface area (Å²) >= 11 is 0. The molecule has 4 atom stereocenters. The second-order valence-corrected chi connectivity index (χ2v) is 17.8. The van der Waals surface area contributed by atoms with Crippen molar-refractivity contribution in [2.45, 2.75) is 81.3 Å². The van der Waals surface area contributed by atoms with Crippen LogP contribution in [0, 0.1) is 12.8 Å². The fourth-order valence-corrected chi connectivity index (χ4v) is 10.6. The maximum Gasteiger partial charge on any atom is 0.264 e. The molecule has 4 aliphatic heterocycles. The number of unbranched alkanes of at least 4 members (excludes halogenated alkanes) is 3. The zero-order valence-corrected chi connectivity index (χ0v) is 34.1. The summed E-state index contributed by atoms with van der Waals surface area (Å²) in [6, 6.07) is 23.6. The van der Waals surface area contributed by atoms with Crippen LogP contribution in [0.25, 0.3) is 11.1 Å². The summed E-state index contributed by atoms with van der Waals surface area (Å²) in [5, 5.41) is 22.2. The predicted octanol–water partition coefficient (Wildman–Crippen LogP) is 5.60. The Morgan fingerprint density at radius 2 is 1.63 bits per heavy atom. The van der Waals surface area contributed by atoms with Crippen molar-refractivity contribution >= 4 is 56.6 Å². The van der Waals surface area contributed by atoms with Crippen LogP contribution in [-0.4, -0.2) is 84.0 Å². The van der Waals surface area contributed by atoms with E-state index in [1.165, 1.54) is 0 Å². The first-order valence-corrected chi connectivity index (χ1v) is 22.0. The number of aliphatic hydroxyl groups is 1. The van der Waals surface area contributed by atoms with E-state index in [0.29, 0.717) is 43.7 Å². The first-order valence-electron chi connectivity index (χ1n) is 20.5. The normalized spacial score (nSPS) is 21.2. The number of nitrogens with one attached hydrogen (secondary N) is 4. The Bertz CT molecular complexity index is 2470. The molecule has 4 heterocycles. The van der Waals surface area contributed by atoms with Crippen LogP contribution >= 0.6 is 0 Å². The molecule has 0 aliphatic carbocycles. The highest BCUT2D eigenvalue weighted by atomic mass is 32.2. The molecule has 0 saturated carbocycles. The average Bonchev–Trinajstić information content (AvgIpc) is 3.80. The monoisotopic (exact) mass is 832 g/mol. The maximum absolute atomic E-state index is 14.0. The molecule has 4 aromatic rings. The van der Waals surface area contributed by atoms with E-state index < -0.39 is 45.7 Å². The Morgan fingerprint density at radius 1 is 0.867 bits per heavy atom. The summed E-state index contributed by atoms with van der Waals surface area (Å²) in [5.41, 5.74) is 5.99. The van der Waals surface area contributed by atoms with E-state index in [1.54, 1.807) is 46.8 Å². The van der Waals surface area contributed by atoms with E-state index in [9.17, 15) is 37.5 Å². The summed E-state index contributed by atoms with van der Waals surface area (Å²) < 4.78 is 29.6. The number of amides is 5. The summed E-state index contributed by atoms with van der Waals surface area (Å²) in [6.07, 6.45) is 4.18. The molecular weight excluding hydrogens is 785 g/mol. The van der Waals surface area contributed by atoms with Gasteiger partial charge in [-0.15, -0.1) is 0 Å². The summed E-state index contributed by atoms with van der Waals surface area (Å²) in [6.45, 7) is 2.69. The highest BCUT2D eigenvalue weighted by molar-refractivity contribution is 7.89. The maximum atomic E-state index is 14.0. The quantitative estimate of drug-likeness (QED) is 0.0789. The number of piperidine rings is 1. The summed E-state index contributed by atoms with van der Waals surface area (Å²) in [7, 11) is -3.80. The number of imide groups is 2. The molecule has 60 heavy (non-hydrogen) atoms. The first-order chi connectivity index (χ1) is 28.9. The number of sulfonamides is 1. The number of carbonyl (C=O) groups excluding carboxylic acids is 5. The highest BCUT2D eigenvalue weighted by Gasteiger charge is 2.49. The van der Waals surface area contributed by atoms with Crippen LogP contribution in [0.1, 0.15) is 89.3 Å². The Labute approximate surface area is 348 Å². The fourth-order valence-electron chi connectivity index (χ4n) is 8.96. The topological polar surface area (TPSA) is 194 Å². The molecule has 14 nitrogen and oxygen atoms in total. The van der Waals surface area contributed by atoms with Gasteiger partial charge in [0.2, 0.25) is 27.7 Å². The highest BCUT2D eigenvalue weighted by Crippen LogP contribution is 2.49. The minimum absolute atomic E-state index is 0.0558. The molecule has 4 aliphatic rings. The third kappa shape index (κ3) is 7.92. The molecular formula is C45H48N6O8S. The van der Waals surface area contributed by atoms with Gasteiger partial charge in [0, 0.05) is 48.9 Å².